The smallest absolute Gasteiger partial charge is 0.303 e. The van der Waals surface area contributed by atoms with Crippen molar-refractivity contribution in [1.29, 1.82) is 0 Å². The van der Waals surface area contributed by atoms with Crippen molar-refractivity contribution in [3.05, 3.63) is 35.9 Å². The number of benzene rings is 1. The minimum absolute atomic E-state index is 0.0378. The van der Waals surface area contributed by atoms with E-state index < -0.39 is 12.4 Å². The molecule has 1 fully saturated rings. The van der Waals surface area contributed by atoms with Crippen molar-refractivity contribution in [3.63, 3.8) is 0 Å². The van der Waals surface area contributed by atoms with Crippen LogP contribution in [0.5, 0.6) is 0 Å². The quantitative estimate of drug-likeness (QED) is 0.405. The molecule has 1 heterocycles. The van der Waals surface area contributed by atoms with Crippen molar-refractivity contribution >= 4 is 11.8 Å². The van der Waals surface area contributed by atoms with Gasteiger partial charge in [-0.3, -0.25) is 9.59 Å². The topological polar surface area (TPSA) is 73.9 Å². The highest BCUT2D eigenvalue weighted by atomic mass is 16.7. The van der Waals surface area contributed by atoms with E-state index >= 15 is 0 Å². The first-order valence-electron chi connectivity index (χ1n) is 9.67. The van der Waals surface area contributed by atoms with Crippen LogP contribution >= 0.6 is 0 Å². The monoisotopic (exact) mass is 377 g/mol. The van der Waals surface area contributed by atoms with Crippen molar-refractivity contribution in [2.24, 2.45) is 11.8 Å². The Labute approximate surface area is 161 Å². The van der Waals surface area contributed by atoms with Gasteiger partial charge in [-0.1, -0.05) is 51.1 Å². The lowest BCUT2D eigenvalue weighted by molar-refractivity contribution is -0.274. The van der Waals surface area contributed by atoms with Gasteiger partial charge in [0.1, 0.15) is 0 Å². The van der Waals surface area contributed by atoms with Crippen LogP contribution in [0, 0.1) is 11.8 Å². The number of nitrogens with one attached hydrogen (secondary N) is 1. The SMILES string of the molecule is CCC1O[C@@H](OCCNCC(=O)c2ccccc2)C(OC(C)=O)[C@@H](C)[C@@H]1C. The maximum atomic E-state index is 12.1. The molecular formula is C21H31NO5. The zero-order valence-corrected chi connectivity index (χ0v) is 16.6. The molecule has 1 aliphatic heterocycles. The Balaban J connectivity index is 1.81. The lowest BCUT2D eigenvalue weighted by Gasteiger charge is -2.43. The molecule has 1 aromatic rings. The standard InChI is InChI=1S/C21H31NO5/c1-5-19-14(2)15(3)20(26-16(4)23)21(27-19)25-12-11-22-13-18(24)17-9-7-6-8-10-17/h6-10,14-15,19-22H,5,11-13H2,1-4H3/t14-,15-,19?,20?,21+/m0/s1. The summed E-state index contributed by atoms with van der Waals surface area (Å²) in [6, 6.07) is 9.17. The average Bonchev–Trinajstić information content (AvgIpc) is 2.67. The van der Waals surface area contributed by atoms with Crippen LogP contribution in [0.15, 0.2) is 30.3 Å². The zero-order chi connectivity index (χ0) is 19.8. The molecule has 0 saturated carbocycles. The summed E-state index contributed by atoms with van der Waals surface area (Å²) < 4.78 is 17.4. The van der Waals surface area contributed by atoms with Gasteiger partial charge in [0.2, 0.25) is 0 Å². The largest absolute Gasteiger partial charge is 0.457 e. The molecule has 2 rings (SSSR count). The number of hydrogen-bond donors (Lipinski definition) is 1. The number of hydrogen-bond acceptors (Lipinski definition) is 6. The summed E-state index contributed by atoms with van der Waals surface area (Å²) in [5, 5.41) is 3.09. The minimum Gasteiger partial charge on any atom is -0.457 e. The number of Topliss-reactive ketones (excluding diaryl/α,β-unsaturated/α-hetero) is 1. The molecule has 6 nitrogen and oxygen atoms in total. The van der Waals surface area contributed by atoms with E-state index in [0.717, 1.165) is 6.42 Å². The highest BCUT2D eigenvalue weighted by Crippen LogP contribution is 2.34. The molecule has 150 valence electrons. The molecular weight excluding hydrogens is 346 g/mol. The number of ketones is 1. The summed E-state index contributed by atoms with van der Waals surface area (Å²) in [6.45, 7) is 8.77. The lowest BCUT2D eigenvalue weighted by atomic mass is 9.82. The van der Waals surface area contributed by atoms with E-state index in [0.29, 0.717) is 18.7 Å². The van der Waals surface area contributed by atoms with E-state index in [-0.39, 0.29) is 36.2 Å². The third-order valence-corrected chi connectivity index (χ3v) is 5.16. The summed E-state index contributed by atoms with van der Waals surface area (Å²) in [5.41, 5.74) is 0.685. The third kappa shape index (κ3) is 6.13. The predicted octanol–water partition coefficient (Wildman–Crippen LogP) is 2.81. The molecule has 1 aromatic carbocycles. The van der Waals surface area contributed by atoms with Crippen LogP contribution in [0.3, 0.4) is 0 Å². The number of carbonyl (C=O) groups excluding carboxylic acids is 2. The first kappa shape index (κ1) is 21.5. The van der Waals surface area contributed by atoms with Gasteiger partial charge in [0.15, 0.2) is 18.2 Å². The second-order valence-corrected chi connectivity index (χ2v) is 7.08. The predicted molar refractivity (Wildman–Crippen MR) is 102 cm³/mol. The summed E-state index contributed by atoms with van der Waals surface area (Å²) in [5.74, 6) is 0.125. The second kappa shape index (κ2) is 10.5. The normalized spacial score (nSPS) is 27.9. The van der Waals surface area contributed by atoms with Gasteiger partial charge >= 0.3 is 5.97 Å². The van der Waals surface area contributed by atoms with E-state index in [9.17, 15) is 9.59 Å². The summed E-state index contributed by atoms with van der Waals surface area (Å²) in [7, 11) is 0. The highest BCUT2D eigenvalue weighted by molar-refractivity contribution is 5.97. The van der Waals surface area contributed by atoms with Crippen LogP contribution in [-0.2, 0) is 19.0 Å². The number of ether oxygens (including phenoxy) is 3. The van der Waals surface area contributed by atoms with Gasteiger partial charge in [-0.25, -0.2) is 0 Å². The van der Waals surface area contributed by atoms with E-state index in [1.54, 1.807) is 12.1 Å². The van der Waals surface area contributed by atoms with Crippen molar-refractivity contribution < 1.29 is 23.8 Å². The number of carbonyl (C=O) groups is 2. The molecule has 27 heavy (non-hydrogen) atoms. The van der Waals surface area contributed by atoms with Crippen molar-refractivity contribution in [2.75, 3.05) is 19.7 Å². The van der Waals surface area contributed by atoms with Crippen molar-refractivity contribution in [2.45, 2.75) is 52.6 Å². The van der Waals surface area contributed by atoms with E-state index in [2.05, 4.69) is 26.1 Å². The molecule has 0 amide bonds. The maximum Gasteiger partial charge on any atom is 0.303 e. The molecule has 6 heteroatoms. The maximum absolute atomic E-state index is 12.1. The Kier molecular flexibility index (Phi) is 8.41. The Bertz CT molecular complexity index is 606. The molecule has 0 bridgehead atoms. The Morgan fingerprint density at radius 2 is 1.85 bits per heavy atom. The van der Waals surface area contributed by atoms with Crippen molar-refractivity contribution in [1.82, 2.24) is 5.32 Å². The summed E-state index contributed by atoms with van der Waals surface area (Å²) in [4.78, 5) is 23.5. The van der Waals surface area contributed by atoms with Crippen LogP contribution < -0.4 is 5.32 Å². The van der Waals surface area contributed by atoms with Gasteiger partial charge in [-0.15, -0.1) is 0 Å². The molecule has 1 N–H and O–H groups in total. The number of rotatable bonds is 9. The molecule has 1 saturated heterocycles. The lowest BCUT2D eigenvalue weighted by Crippen LogP contribution is -2.52. The molecule has 0 aromatic heterocycles. The van der Waals surface area contributed by atoms with Crippen molar-refractivity contribution in [3.8, 4) is 0 Å². The van der Waals surface area contributed by atoms with Crippen LogP contribution in [0.25, 0.3) is 0 Å². The molecule has 0 aliphatic carbocycles. The minimum atomic E-state index is -0.586. The molecule has 5 atom stereocenters. The molecule has 2 unspecified atom stereocenters. The Morgan fingerprint density at radius 1 is 1.15 bits per heavy atom. The Hall–Kier alpha value is -1.76. The van der Waals surface area contributed by atoms with Crippen LogP contribution in [0.1, 0.15) is 44.5 Å². The molecule has 1 aliphatic rings. The first-order valence-corrected chi connectivity index (χ1v) is 9.67. The Morgan fingerprint density at radius 3 is 2.48 bits per heavy atom. The fourth-order valence-corrected chi connectivity index (χ4v) is 3.39. The van der Waals surface area contributed by atoms with Gasteiger partial charge in [0, 0.05) is 24.9 Å². The summed E-state index contributed by atoms with van der Waals surface area (Å²) >= 11 is 0. The fraction of sp³-hybridized carbons (Fsp3) is 0.619. The molecule has 0 spiro atoms. The highest BCUT2D eigenvalue weighted by Gasteiger charge is 2.43. The van der Waals surface area contributed by atoms with Crippen LogP contribution in [-0.4, -0.2) is 49.9 Å². The fourth-order valence-electron chi connectivity index (χ4n) is 3.39. The van der Waals surface area contributed by atoms with Crippen LogP contribution in [0.2, 0.25) is 0 Å². The third-order valence-electron chi connectivity index (χ3n) is 5.16. The number of esters is 1. The van der Waals surface area contributed by atoms with Gasteiger partial charge in [-0.2, -0.15) is 0 Å². The average molecular weight is 377 g/mol. The molecule has 0 radical (unpaired) electrons. The van der Waals surface area contributed by atoms with E-state index in [1.807, 2.05) is 18.2 Å². The van der Waals surface area contributed by atoms with E-state index in [4.69, 9.17) is 14.2 Å². The van der Waals surface area contributed by atoms with E-state index in [1.165, 1.54) is 6.92 Å². The van der Waals surface area contributed by atoms with Gasteiger partial charge in [0.05, 0.1) is 19.3 Å². The van der Waals surface area contributed by atoms with Gasteiger partial charge in [0.25, 0.3) is 0 Å². The van der Waals surface area contributed by atoms with Crippen LogP contribution in [0.4, 0.5) is 0 Å². The van der Waals surface area contributed by atoms with Gasteiger partial charge < -0.3 is 19.5 Å². The first-order chi connectivity index (χ1) is 12.9. The second-order valence-electron chi connectivity index (χ2n) is 7.08. The summed E-state index contributed by atoms with van der Waals surface area (Å²) in [6.07, 6.45) is -0.0607. The zero-order valence-electron chi connectivity index (χ0n) is 16.6. The van der Waals surface area contributed by atoms with Gasteiger partial charge in [-0.05, 0) is 12.3 Å².